The molecule has 0 heterocycles. The zero-order valence-electron chi connectivity index (χ0n) is 12.6. The molecule has 1 aromatic carbocycles. The van der Waals surface area contributed by atoms with Crippen LogP contribution in [0.25, 0.3) is 0 Å². The third-order valence-corrected chi connectivity index (χ3v) is 2.96. The fraction of sp³-hybridized carbons (Fsp3) is 0.467. The molecule has 0 aromatic heterocycles. The topological polar surface area (TPSA) is 113 Å². The zero-order valence-corrected chi connectivity index (χ0v) is 12.6. The second kappa shape index (κ2) is 7.24. The van der Waals surface area contributed by atoms with E-state index in [4.69, 9.17) is 19.7 Å². The van der Waals surface area contributed by atoms with Crippen LogP contribution in [-0.4, -0.2) is 52.2 Å². The van der Waals surface area contributed by atoms with E-state index in [0.29, 0.717) is 12.2 Å². The van der Waals surface area contributed by atoms with E-state index in [1.165, 1.54) is 0 Å². The summed E-state index contributed by atoms with van der Waals surface area (Å²) in [6, 6.07) is 7.13. The molecule has 0 radical (unpaired) electrons. The lowest BCUT2D eigenvalue weighted by Crippen LogP contribution is -2.44. The predicted octanol–water partition coefficient (Wildman–Crippen LogP) is 0.366. The van der Waals surface area contributed by atoms with Crippen LogP contribution in [0.5, 0.6) is 5.75 Å². The number of benzene rings is 1. The van der Waals surface area contributed by atoms with Crippen molar-refractivity contribution < 1.29 is 34.4 Å². The number of carboxylic acids is 1. The second-order valence-electron chi connectivity index (χ2n) is 5.43. The molecule has 0 spiro atoms. The highest BCUT2D eigenvalue weighted by molar-refractivity contribution is 5.84. The number of carbonyl (C=O) groups excluding carboxylic acids is 1. The van der Waals surface area contributed by atoms with Crippen molar-refractivity contribution in [2.75, 3.05) is 7.11 Å². The van der Waals surface area contributed by atoms with E-state index >= 15 is 0 Å². The molecule has 3 N–H and O–H groups in total. The first-order chi connectivity index (χ1) is 10.2. The molecule has 0 aliphatic heterocycles. The highest BCUT2D eigenvalue weighted by Crippen LogP contribution is 2.20. The molecule has 0 saturated heterocycles. The van der Waals surface area contributed by atoms with Crippen molar-refractivity contribution in [1.82, 2.24) is 0 Å². The van der Waals surface area contributed by atoms with E-state index in [-0.39, 0.29) is 0 Å². The Balaban J connectivity index is 2.69. The molecular formula is C15H20O7. The van der Waals surface area contributed by atoms with Crippen LogP contribution in [-0.2, 0) is 20.7 Å². The average molecular weight is 312 g/mol. The molecule has 0 fully saturated rings. The van der Waals surface area contributed by atoms with Crippen LogP contribution >= 0.6 is 0 Å². The van der Waals surface area contributed by atoms with Gasteiger partial charge < -0.3 is 24.8 Å². The summed E-state index contributed by atoms with van der Waals surface area (Å²) in [6.45, 7) is 3.24. The Hall–Kier alpha value is -2.12. The number of rotatable bonds is 7. The summed E-state index contributed by atoms with van der Waals surface area (Å²) >= 11 is 0. The molecule has 0 aliphatic carbocycles. The number of aliphatic hydroxyl groups is 2. The molecule has 0 amide bonds. The quantitative estimate of drug-likeness (QED) is 0.623. The largest absolute Gasteiger partial charge is 0.497 e. The van der Waals surface area contributed by atoms with Gasteiger partial charge in [0.1, 0.15) is 11.4 Å². The maximum absolute atomic E-state index is 11.7. The molecule has 0 bridgehead atoms. The van der Waals surface area contributed by atoms with Crippen LogP contribution in [0, 0.1) is 0 Å². The smallest absolute Gasteiger partial charge is 0.338 e. The molecule has 7 nitrogen and oxygen atoms in total. The number of aliphatic carboxylic acids is 1. The Bertz CT molecular complexity index is 521. The predicted molar refractivity (Wildman–Crippen MR) is 76.5 cm³/mol. The fourth-order valence-corrected chi connectivity index (χ4v) is 1.87. The van der Waals surface area contributed by atoms with Gasteiger partial charge in [0.05, 0.1) is 7.11 Å². The first-order valence-electron chi connectivity index (χ1n) is 6.61. The highest BCUT2D eigenvalue weighted by Gasteiger charge is 2.35. The third kappa shape index (κ3) is 5.01. The molecule has 2 unspecified atom stereocenters. The van der Waals surface area contributed by atoms with Gasteiger partial charge in [-0.2, -0.15) is 0 Å². The molecule has 7 heteroatoms. The van der Waals surface area contributed by atoms with Crippen molar-refractivity contribution in [2.24, 2.45) is 0 Å². The number of hydrogen-bond donors (Lipinski definition) is 3. The maximum Gasteiger partial charge on any atom is 0.338 e. The summed E-state index contributed by atoms with van der Waals surface area (Å²) in [5, 5.41) is 27.1. The van der Waals surface area contributed by atoms with Gasteiger partial charge in [-0.1, -0.05) is 12.1 Å². The van der Waals surface area contributed by atoms with Crippen LogP contribution in [0.3, 0.4) is 0 Å². The summed E-state index contributed by atoms with van der Waals surface area (Å²) in [5.41, 5.74) is -0.114. The number of carboxylic acid groups (broad SMARTS) is 1. The van der Waals surface area contributed by atoms with Crippen molar-refractivity contribution in [3.8, 4) is 5.75 Å². The molecule has 122 valence electrons. The van der Waals surface area contributed by atoms with Crippen molar-refractivity contribution in [3.05, 3.63) is 29.8 Å². The summed E-state index contributed by atoms with van der Waals surface area (Å²) < 4.78 is 10.1. The Morgan fingerprint density at radius 3 is 2.14 bits per heavy atom. The lowest BCUT2D eigenvalue weighted by Gasteiger charge is -2.27. The summed E-state index contributed by atoms with van der Waals surface area (Å²) in [5.74, 6) is -2.19. The Labute approximate surface area is 128 Å². The van der Waals surface area contributed by atoms with Gasteiger partial charge in [-0.25, -0.2) is 9.59 Å². The number of esters is 1. The van der Waals surface area contributed by atoms with Gasteiger partial charge in [0.25, 0.3) is 0 Å². The molecule has 22 heavy (non-hydrogen) atoms. The number of methoxy groups -OCH3 is 1. The van der Waals surface area contributed by atoms with E-state index in [9.17, 15) is 14.7 Å². The summed E-state index contributed by atoms with van der Waals surface area (Å²) in [7, 11) is 1.55. The minimum Gasteiger partial charge on any atom is -0.497 e. The number of hydrogen-bond acceptors (Lipinski definition) is 6. The van der Waals surface area contributed by atoms with Gasteiger partial charge in [-0.15, -0.1) is 0 Å². The van der Waals surface area contributed by atoms with Gasteiger partial charge in [0.2, 0.25) is 0 Å². The first kappa shape index (κ1) is 17.9. The van der Waals surface area contributed by atoms with E-state index in [1.807, 2.05) is 0 Å². The van der Waals surface area contributed by atoms with Gasteiger partial charge in [-0.05, 0) is 31.5 Å². The fourth-order valence-electron chi connectivity index (χ4n) is 1.87. The first-order valence-corrected chi connectivity index (χ1v) is 6.61. The zero-order chi connectivity index (χ0) is 16.9. The van der Waals surface area contributed by atoms with Crippen molar-refractivity contribution in [2.45, 2.75) is 38.1 Å². The molecule has 1 aromatic rings. The van der Waals surface area contributed by atoms with Gasteiger partial charge in [0, 0.05) is 6.42 Å². The molecule has 1 rings (SSSR count). The van der Waals surface area contributed by atoms with E-state index in [1.54, 1.807) is 45.2 Å². The second-order valence-corrected chi connectivity index (χ2v) is 5.43. The SMILES string of the molecule is COc1ccc(CC(C)(C)OC(=O)C(O)C(O)C(=O)O)cc1. The van der Waals surface area contributed by atoms with Crippen LogP contribution < -0.4 is 4.74 Å². The molecule has 2 atom stereocenters. The Kier molecular flexibility index (Phi) is 5.90. The van der Waals surface area contributed by atoms with E-state index < -0.39 is 29.7 Å². The van der Waals surface area contributed by atoms with Crippen molar-refractivity contribution >= 4 is 11.9 Å². The Morgan fingerprint density at radius 2 is 1.68 bits per heavy atom. The van der Waals surface area contributed by atoms with Crippen LogP contribution in [0.4, 0.5) is 0 Å². The standard InChI is InChI=1S/C15H20O7/c1-15(2,8-9-4-6-10(21-3)7-5-9)22-14(20)12(17)11(16)13(18)19/h4-7,11-12,16-17H,8H2,1-3H3,(H,18,19). The maximum atomic E-state index is 11.7. The van der Waals surface area contributed by atoms with E-state index in [2.05, 4.69) is 0 Å². The van der Waals surface area contributed by atoms with Gasteiger partial charge >= 0.3 is 11.9 Å². The Morgan fingerprint density at radius 1 is 1.14 bits per heavy atom. The lowest BCUT2D eigenvalue weighted by molar-refractivity contribution is -0.178. The highest BCUT2D eigenvalue weighted by atomic mass is 16.6. The normalized spacial score (nSPS) is 14.0. The minimum absolute atomic E-state index is 0.346. The molecule has 0 aliphatic rings. The van der Waals surface area contributed by atoms with Crippen LogP contribution in [0.1, 0.15) is 19.4 Å². The molecule has 0 saturated carbocycles. The third-order valence-electron chi connectivity index (χ3n) is 2.96. The van der Waals surface area contributed by atoms with Crippen molar-refractivity contribution in [3.63, 3.8) is 0 Å². The number of aliphatic hydroxyl groups excluding tert-OH is 2. The average Bonchev–Trinajstić information content (AvgIpc) is 2.45. The van der Waals surface area contributed by atoms with Gasteiger partial charge in [0.15, 0.2) is 12.2 Å². The lowest BCUT2D eigenvalue weighted by atomic mass is 9.98. The summed E-state index contributed by atoms with van der Waals surface area (Å²) in [6.07, 6.45) is -4.00. The minimum atomic E-state index is -2.22. The van der Waals surface area contributed by atoms with Crippen LogP contribution in [0.2, 0.25) is 0 Å². The number of carbonyl (C=O) groups is 2. The van der Waals surface area contributed by atoms with Crippen LogP contribution in [0.15, 0.2) is 24.3 Å². The monoisotopic (exact) mass is 312 g/mol. The summed E-state index contributed by atoms with van der Waals surface area (Å²) in [4.78, 5) is 22.2. The van der Waals surface area contributed by atoms with Gasteiger partial charge in [-0.3, -0.25) is 0 Å². The van der Waals surface area contributed by atoms with E-state index in [0.717, 1.165) is 5.56 Å². The van der Waals surface area contributed by atoms with Crippen molar-refractivity contribution in [1.29, 1.82) is 0 Å². The molecular weight excluding hydrogens is 292 g/mol. The number of ether oxygens (including phenoxy) is 2.